The van der Waals surface area contributed by atoms with Crippen LogP contribution in [0.25, 0.3) is 0 Å². The summed E-state index contributed by atoms with van der Waals surface area (Å²) in [5.74, 6) is -6.02. The molecule has 7 heteroatoms. The topological polar surface area (TPSA) is 63.1 Å². The molecular weight excluding hydrogens is 218 g/mol. The van der Waals surface area contributed by atoms with E-state index in [1.54, 1.807) is 0 Å². The number of aromatic nitrogens is 2. The highest BCUT2D eigenvalue weighted by molar-refractivity contribution is 6.29. The molecule has 1 rings (SSSR count). The Kier molecular flexibility index (Phi) is 2.95. The van der Waals surface area contributed by atoms with Gasteiger partial charge in [0.2, 0.25) is 0 Å². The molecule has 1 aromatic heterocycles. The molecule has 0 fully saturated rings. The van der Waals surface area contributed by atoms with Crippen LogP contribution in [0.4, 0.5) is 8.78 Å². The van der Waals surface area contributed by atoms with Crippen LogP contribution in [0.2, 0.25) is 5.15 Å². The van der Waals surface area contributed by atoms with Crippen LogP contribution in [-0.2, 0) is 11.2 Å². The van der Waals surface area contributed by atoms with E-state index in [9.17, 15) is 13.6 Å². The molecule has 1 heterocycles. The van der Waals surface area contributed by atoms with E-state index >= 15 is 0 Å². The maximum atomic E-state index is 12.6. The number of hydrogen-bond acceptors (Lipinski definition) is 3. The first-order chi connectivity index (χ1) is 6.42. The van der Waals surface area contributed by atoms with Crippen molar-refractivity contribution < 1.29 is 18.7 Å². The molecule has 76 valence electrons. The zero-order valence-corrected chi connectivity index (χ0v) is 7.50. The first-order valence-corrected chi connectivity index (χ1v) is 3.87. The van der Waals surface area contributed by atoms with Crippen LogP contribution in [0, 0.1) is 0 Å². The fourth-order valence-corrected chi connectivity index (χ4v) is 0.831. The molecule has 0 amide bonds. The molecule has 0 spiro atoms. The van der Waals surface area contributed by atoms with Crippen LogP contribution in [-0.4, -0.2) is 27.0 Å². The van der Waals surface area contributed by atoms with Gasteiger partial charge < -0.3 is 5.11 Å². The Bertz CT molecular complexity index is 342. The summed E-state index contributed by atoms with van der Waals surface area (Å²) in [4.78, 5) is 17.1. The van der Waals surface area contributed by atoms with Crippen LogP contribution in [0.15, 0.2) is 12.4 Å². The van der Waals surface area contributed by atoms with Crippen LogP contribution < -0.4 is 0 Å². The third kappa shape index (κ3) is 2.59. The van der Waals surface area contributed by atoms with Crippen molar-refractivity contribution in [1.29, 1.82) is 0 Å². The summed E-state index contributed by atoms with van der Waals surface area (Å²) in [5, 5.41) is 8.20. The number of rotatable bonds is 3. The monoisotopic (exact) mass is 222 g/mol. The average Bonchev–Trinajstić information content (AvgIpc) is 2.08. The SMILES string of the molecule is O=C(O)C(F)(F)Cc1cnc(Cl)cn1. The van der Waals surface area contributed by atoms with E-state index < -0.39 is 18.3 Å². The second-order valence-corrected chi connectivity index (χ2v) is 2.90. The van der Waals surface area contributed by atoms with Crippen molar-refractivity contribution in [2.75, 3.05) is 0 Å². The molecule has 0 aliphatic heterocycles. The number of carboxylic acid groups (broad SMARTS) is 1. The number of carbonyl (C=O) groups is 1. The summed E-state index contributed by atoms with van der Waals surface area (Å²) >= 11 is 5.37. The maximum Gasteiger partial charge on any atom is 0.374 e. The minimum absolute atomic E-state index is 0.0624. The van der Waals surface area contributed by atoms with Gasteiger partial charge in [-0.05, 0) is 0 Å². The van der Waals surface area contributed by atoms with Crippen LogP contribution in [0.3, 0.4) is 0 Å². The van der Waals surface area contributed by atoms with E-state index in [1.807, 2.05) is 0 Å². The molecule has 0 radical (unpaired) electrons. The van der Waals surface area contributed by atoms with E-state index in [-0.39, 0.29) is 10.8 Å². The number of aliphatic carboxylic acids is 1. The first kappa shape index (κ1) is 10.8. The molecule has 0 aliphatic carbocycles. The average molecular weight is 223 g/mol. The Morgan fingerprint density at radius 2 is 2.14 bits per heavy atom. The molecule has 14 heavy (non-hydrogen) atoms. The Hall–Kier alpha value is -1.30. The van der Waals surface area contributed by atoms with Gasteiger partial charge in [-0.3, -0.25) is 4.98 Å². The lowest BCUT2D eigenvalue weighted by molar-refractivity contribution is -0.164. The quantitative estimate of drug-likeness (QED) is 0.840. The Balaban J connectivity index is 2.79. The van der Waals surface area contributed by atoms with Gasteiger partial charge in [-0.15, -0.1) is 0 Å². The third-order valence-corrected chi connectivity index (χ3v) is 1.59. The van der Waals surface area contributed by atoms with Crippen molar-refractivity contribution in [2.45, 2.75) is 12.3 Å². The van der Waals surface area contributed by atoms with Crippen molar-refractivity contribution in [2.24, 2.45) is 0 Å². The van der Waals surface area contributed by atoms with Gasteiger partial charge in [-0.1, -0.05) is 11.6 Å². The zero-order chi connectivity index (χ0) is 10.8. The second kappa shape index (κ2) is 3.83. The molecule has 0 aliphatic rings. The number of nitrogens with zero attached hydrogens (tertiary/aromatic N) is 2. The third-order valence-electron chi connectivity index (χ3n) is 1.39. The molecule has 0 saturated carbocycles. The predicted octanol–water partition coefficient (Wildman–Crippen LogP) is 1.39. The van der Waals surface area contributed by atoms with Crippen molar-refractivity contribution in [3.8, 4) is 0 Å². The first-order valence-electron chi connectivity index (χ1n) is 3.49. The highest BCUT2D eigenvalue weighted by Gasteiger charge is 2.39. The number of carboxylic acids is 1. The predicted molar refractivity (Wildman–Crippen MR) is 43.3 cm³/mol. The Labute approximate surface area is 82.6 Å². The van der Waals surface area contributed by atoms with Crippen molar-refractivity contribution in [3.63, 3.8) is 0 Å². The summed E-state index contributed by atoms with van der Waals surface area (Å²) in [6.07, 6.45) is 1.10. The minimum atomic E-state index is -3.83. The van der Waals surface area contributed by atoms with Crippen LogP contribution in [0.1, 0.15) is 5.69 Å². The molecule has 0 bridgehead atoms. The highest BCUT2D eigenvalue weighted by atomic mass is 35.5. The van der Waals surface area contributed by atoms with Gasteiger partial charge >= 0.3 is 11.9 Å². The van der Waals surface area contributed by atoms with Crippen molar-refractivity contribution in [1.82, 2.24) is 9.97 Å². The second-order valence-electron chi connectivity index (χ2n) is 2.52. The van der Waals surface area contributed by atoms with E-state index in [4.69, 9.17) is 16.7 Å². The number of hydrogen-bond donors (Lipinski definition) is 1. The largest absolute Gasteiger partial charge is 0.477 e. The molecule has 0 aromatic carbocycles. The molecular formula is C7H5ClF2N2O2. The van der Waals surface area contributed by atoms with Gasteiger partial charge in [0.1, 0.15) is 5.15 Å². The summed E-state index contributed by atoms with van der Waals surface area (Å²) in [6, 6.07) is 0. The van der Waals surface area contributed by atoms with E-state index in [2.05, 4.69) is 9.97 Å². The van der Waals surface area contributed by atoms with E-state index in [0.717, 1.165) is 12.4 Å². The summed E-state index contributed by atoms with van der Waals surface area (Å²) < 4.78 is 25.3. The van der Waals surface area contributed by atoms with Gasteiger partial charge in [0.25, 0.3) is 0 Å². The maximum absolute atomic E-state index is 12.6. The van der Waals surface area contributed by atoms with Gasteiger partial charge in [-0.25, -0.2) is 9.78 Å². The molecule has 1 N–H and O–H groups in total. The summed E-state index contributed by atoms with van der Waals surface area (Å²) in [6.45, 7) is 0. The van der Waals surface area contributed by atoms with E-state index in [0.29, 0.717) is 0 Å². The molecule has 0 atom stereocenters. The van der Waals surface area contributed by atoms with Crippen LogP contribution in [0.5, 0.6) is 0 Å². The van der Waals surface area contributed by atoms with Crippen molar-refractivity contribution in [3.05, 3.63) is 23.2 Å². The number of halogens is 3. The molecule has 0 unspecified atom stereocenters. The van der Waals surface area contributed by atoms with Gasteiger partial charge in [0.15, 0.2) is 0 Å². The minimum Gasteiger partial charge on any atom is -0.477 e. The lowest BCUT2D eigenvalue weighted by Gasteiger charge is -2.09. The van der Waals surface area contributed by atoms with Gasteiger partial charge in [0.05, 0.1) is 24.5 Å². The summed E-state index contributed by atoms with van der Waals surface area (Å²) in [5.41, 5.74) is -0.123. The lowest BCUT2D eigenvalue weighted by atomic mass is 10.2. The molecule has 4 nitrogen and oxygen atoms in total. The summed E-state index contributed by atoms with van der Waals surface area (Å²) in [7, 11) is 0. The van der Waals surface area contributed by atoms with Gasteiger partial charge in [-0.2, -0.15) is 8.78 Å². The van der Waals surface area contributed by atoms with Gasteiger partial charge in [0, 0.05) is 0 Å². The standard InChI is InChI=1S/C7H5ClF2N2O2/c8-5-3-11-4(2-12-5)1-7(9,10)6(13)14/h2-3H,1H2,(H,13,14). The normalized spacial score (nSPS) is 11.4. The molecule has 0 saturated heterocycles. The molecule has 1 aromatic rings. The zero-order valence-electron chi connectivity index (χ0n) is 6.75. The Morgan fingerprint density at radius 3 is 2.57 bits per heavy atom. The Morgan fingerprint density at radius 1 is 1.50 bits per heavy atom. The van der Waals surface area contributed by atoms with Crippen LogP contribution >= 0.6 is 11.6 Å². The fourth-order valence-electron chi connectivity index (χ4n) is 0.733. The van der Waals surface area contributed by atoms with Crippen molar-refractivity contribution >= 4 is 17.6 Å². The highest BCUT2D eigenvalue weighted by Crippen LogP contribution is 2.18. The number of alkyl halides is 2. The smallest absolute Gasteiger partial charge is 0.374 e. The lowest BCUT2D eigenvalue weighted by Crippen LogP contribution is -2.31. The van der Waals surface area contributed by atoms with E-state index in [1.165, 1.54) is 0 Å². The fraction of sp³-hybridized carbons (Fsp3) is 0.286.